The molecule has 1 saturated carbocycles. The van der Waals surface area contributed by atoms with Gasteiger partial charge in [-0.15, -0.1) is 4.33 Å². The van der Waals surface area contributed by atoms with E-state index in [1.54, 1.807) is 12.1 Å². The molecule has 0 heterocycles. The standard InChI is InChI=1S/C19H21NO8S2/c1-14-2-12-19(13-3-14)29(23)28-25-16-8-10-18(11-9-16)27-30(24)26-17-6-4-15(5-7-17)20(21)22/h2-7,12-13,16,18H,8-11H2,1H3. The molecule has 0 aromatic heterocycles. The van der Waals surface area contributed by atoms with Crippen LogP contribution < -0.4 is 4.18 Å². The number of rotatable bonds is 9. The predicted octanol–water partition coefficient (Wildman–Crippen LogP) is 3.86. The van der Waals surface area contributed by atoms with Crippen molar-refractivity contribution in [3.05, 3.63) is 64.2 Å². The highest BCUT2D eigenvalue weighted by molar-refractivity contribution is 7.80. The Kier molecular flexibility index (Phi) is 8.05. The fraction of sp³-hybridized carbons (Fsp3) is 0.368. The van der Waals surface area contributed by atoms with Gasteiger partial charge < -0.3 is 4.18 Å². The number of aryl methyl sites for hydroxylation is 1. The van der Waals surface area contributed by atoms with Gasteiger partial charge in [-0.1, -0.05) is 17.7 Å². The van der Waals surface area contributed by atoms with Gasteiger partial charge in [0.25, 0.3) is 5.69 Å². The molecule has 2 atom stereocenters. The normalized spacial score (nSPS) is 21.0. The average molecular weight is 456 g/mol. The summed E-state index contributed by atoms with van der Waals surface area (Å²) in [6.45, 7) is 1.94. The van der Waals surface area contributed by atoms with Crippen molar-refractivity contribution in [2.45, 2.75) is 49.7 Å². The summed E-state index contributed by atoms with van der Waals surface area (Å²) in [4.78, 5) is 15.9. The first-order valence-corrected chi connectivity index (χ1v) is 11.3. The summed E-state index contributed by atoms with van der Waals surface area (Å²) in [6, 6.07) is 12.4. The minimum absolute atomic E-state index is 0.0853. The molecule has 30 heavy (non-hydrogen) atoms. The third-order valence-corrected chi connectivity index (χ3v) is 6.12. The van der Waals surface area contributed by atoms with Crippen molar-refractivity contribution < 1.29 is 30.9 Å². The van der Waals surface area contributed by atoms with Crippen LogP contribution in [0.2, 0.25) is 0 Å². The summed E-state index contributed by atoms with van der Waals surface area (Å²) in [6.07, 6.45) is 1.80. The Hall–Kier alpha value is -2.18. The lowest BCUT2D eigenvalue weighted by Crippen LogP contribution is -2.28. The van der Waals surface area contributed by atoms with Crippen LogP contribution in [0.1, 0.15) is 31.2 Å². The number of hydrogen-bond donors (Lipinski definition) is 0. The summed E-state index contributed by atoms with van der Waals surface area (Å²) in [5.74, 6) is 0.211. The van der Waals surface area contributed by atoms with E-state index in [1.165, 1.54) is 24.3 Å². The van der Waals surface area contributed by atoms with Gasteiger partial charge in [0, 0.05) is 12.1 Å². The Morgan fingerprint density at radius 2 is 1.53 bits per heavy atom. The number of nitro groups is 1. The van der Waals surface area contributed by atoms with Crippen LogP contribution in [-0.4, -0.2) is 25.5 Å². The summed E-state index contributed by atoms with van der Waals surface area (Å²) < 4.78 is 39.7. The van der Waals surface area contributed by atoms with E-state index >= 15 is 0 Å². The van der Waals surface area contributed by atoms with Crippen LogP contribution in [-0.2, 0) is 35.8 Å². The van der Waals surface area contributed by atoms with Gasteiger partial charge in [0.1, 0.15) is 5.75 Å². The third kappa shape index (κ3) is 6.67. The maximum Gasteiger partial charge on any atom is 0.360 e. The molecule has 0 N–H and O–H groups in total. The minimum atomic E-state index is -2.03. The molecule has 0 radical (unpaired) electrons. The van der Waals surface area contributed by atoms with Crippen molar-refractivity contribution in [2.75, 3.05) is 0 Å². The molecule has 1 aliphatic rings. The summed E-state index contributed by atoms with van der Waals surface area (Å²) >= 11 is -3.73. The van der Waals surface area contributed by atoms with Crippen LogP contribution in [0.4, 0.5) is 5.69 Å². The van der Waals surface area contributed by atoms with E-state index in [2.05, 4.69) is 0 Å². The van der Waals surface area contributed by atoms with E-state index in [-0.39, 0.29) is 23.6 Å². The Labute approximate surface area is 178 Å². The number of non-ortho nitro benzene ring substituents is 1. The van der Waals surface area contributed by atoms with E-state index in [4.69, 9.17) is 17.6 Å². The fourth-order valence-corrected chi connectivity index (χ4v) is 4.18. The Balaban J connectivity index is 1.37. The monoisotopic (exact) mass is 455 g/mol. The van der Waals surface area contributed by atoms with Crippen molar-refractivity contribution in [2.24, 2.45) is 0 Å². The summed E-state index contributed by atoms with van der Waals surface area (Å²) in [5, 5.41) is 10.6. The average Bonchev–Trinajstić information content (AvgIpc) is 2.74. The van der Waals surface area contributed by atoms with E-state index in [1.807, 2.05) is 19.1 Å². The molecule has 0 aliphatic heterocycles. The Morgan fingerprint density at radius 3 is 2.13 bits per heavy atom. The van der Waals surface area contributed by atoms with E-state index in [9.17, 15) is 18.5 Å². The fourth-order valence-electron chi connectivity index (χ4n) is 2.84. The molecule has 2 unspecified atom stereocenters. The first-order chi connectivity index (χ1) is 14.4. The van der Waals surface area contributed by atoms with Crippen molar-refractivity contribution in [1.82, 2.24) is 0 Å². The van der Waals surface area contributed by atoms with E-state index < -0.39 is 27.4 Å². The van der Waals surface area contributed by atoms with Crippen LogP contribution in [0.25, 0.3) is 0 Å². The molecule has 3 rings (SSSR count). The summed E-state index contributed by atoms with van der Waals surface area (Å²) in [5.41, 5.74) is 0.975. The zero-order chi connectivity index (χ0) is 21.5. The van der Waals surface area contributed by atoms with Crippen molar-refractivity contribution in [1.29, 1.82) is 0 Å². The third-order valence-electron chi connectivity index (χ3n) is 4.50. The highest BCUT2D eigenvalue weighted by Crippen LogP contribution is 2.26. The molecule has 0 spiro atoms. The van der Waals surface area contributed by atoms with Crippen LogP contribution in [0.3, 0.4) is 0 Å². The van der Waals surface area contributed by atoms with E-state index in [0.29, 0.717) is 30.6 Å². The van der Waals surface area contributed by atoms with Gasteiger partial charge >= 0.3 is 11.4 Å². The SMILES string of the molecule is Cc1ccc(S(=O)OOC2CCC(OS(=O)Oc3ccc([N+](=O)[O-])cc3)CC2)cc1. The minimum Gasteiger partial charge on any atom is -0.380 e. The van der Waals surface area contributed by atoms with Crippen LogP contribution in [0.5, 0.6) is 5.75 Å². The van der Waals surface area contributed by atoms with Gasteiger partial charge in [-0.05, 0) is 56.9 Å². The van der Waals surface area contributed by atoms with Gasteiger partial charge in [0.2, 0.25) is 11.1 Å². The topological polar surface area (TPSA) is 114 Å². The van der Waals surface area contributed by atoms with Gasteiger partial charge in [-0.3, -0.25) is 14.3 Å². The molecule has 1 fully saturated rings. The lowest BCUT2D eigenvalue weighted by atomic mass is 9.95. The number of nitrogens with zero attached hydrogens (tertiary/aromatic N) is 1. The van der Waals surface area contributed by atoms with Gasteiger partial charge in [-0.2, -0.15) is 4.21 Å². The van der Waals surface area contributed by atoms with E-state index in [0.717, 1.165) is 5.56 Å². The van der Waals surface area contributed by atoms with Crippen molar-refractivity contribution in [3.63, 3.8) is 0 Å². The van der Waals surface area contributed by atoms with Crippen molar-refractivity contribution >= 4 is 28.1 Å². The number of nitro benzene ring substituents is 1. The Bertz CT molecular complexity index is 896. The number of hydrogen-bond acceptors (Lipinski definition) is 8. The van der Waals surface area contributed by atoms with Crippen LogP contribution >= 0.6 is 0 Å². The molecular weight excluding hydrogens is 434 g/mol. The highest BCUT2D eigenvalue weighted by atomic mass is 32.2. The quantitative estimate of drug-likeness (QED) is 0.318. The zero-order valence-corrected chi connectivity index (χ0v) is 17.8. The zero-order valence-electron chi connectivity index (χ0n) is 16.1. The molecular formula is C19H21NO8S2. The molecule has 0 bridgehead atoms. The van der Waals surface area contributed by atoms with Gasteiger partial charge in [0.15, 0.2) is 0 Å². The van der Waals surface area contributed by atoms with Gasteiger partial charge in [0.05, 0.1) is 22.0 Å². The Morgan fingerprint density at radius 1 is 0.933 bits per heavy atom. The second kappa shape index (κ2) is 10.7. The second-order valence-corrected chi connectivity index (χ2v) is 8.59. The smallest absolute Gasteiger partial charge is 0.360 e. The lowest BCUT2D eigenvalue weighted by Gasteiger charge is -2.26. The molecule has 9 nitrogen and oxygen atoms in total. The molecule has 2 aromatic carbocycles. The van der Waals surface area contributed by atoms with Gasteiger partial charge in [-0.25, -0.2) is 9.10 Å². The number of benzene rings is 2. The van der Waals surface area contributed by atoms with Crippen molar-refractivity contribution in [3.8, 4) is 5.75 Å². The highest BCUT2D eigenvalue weighted by Gasteiger charge is 2.26. The first-order valence-electron chi connectivity index (χ1n) is 9.24. The second-order valence-electron chi connectivity index (χ2n) is 6.75. The molecule has 2 aromatic rings. The van der Waals surface area contributed by atoms with Crippen LogP contribution in [0.15, 0.2) is 53.4 Å². The predicted molar refractivity (Wildman–Crippen MR) is 109 cm³/mol. The molecule has 162 valence electrons. The largest absolute Gasteiger partial charge is 0.380 e. The molecule has 0 amide bonds. The maximum absolute atomic E-state index is 12.1. The summed E-state index contributed by atoms with van der Waals surface area (Å²) in [7, 11) is 0. The van der Waals surface area contributed by atoms with Crippen LogP contribution in [0, 0.1) is 17.0 Å². The molecule has 11 heteroatoms. The maximum atomic E-state index is 12.1. The first kappa shape index (κ1) is 22.5. The lowest BCUT2D eigenvalue weighted by molar-refractivity contribution is -0.384. The molecule has 0 saturated heterocycles. The molecule has 1 aliphatic carbocycles.